The number of aromatic hydroxyl groups is 1. The van der Waals surface area contributed by atoms with Crippen LogP contribution in [-0.4, -0.2) is 125 Å². The summed E-state index contributed by atoms with van der Waals surface area (Å²) in [5.74, 6) is -0.305. The number of piperazine rings is 1. The highest BCUT2D eigenvalue weighted by atomic mass is 35.5. The Morgan fingerprint density at radius 3 is 2.51 bits per heavy atom. The minimum absolute atomic E-state index is 0.00350. The average molecular weight is 1140 g/mol. The summed E-state index contributed by atoms with van der Waals surface area (Å²) in [7, 11) is 0. The van der Waals surface area contributed by atoms with E-state index in [0.29, 0.717) is 93.3 Å². The lowest BCUT2D eigenvalue weighted by Crippen LogP contribution is -2.54. The summed E-state index contributed by atoms with van der Waals surface area (Å²) in [5.41, 5.74) is 6.50. The summed E-state index contributed by atoms with van der Waals surface area (Å²) < 4.78 is 36.6. The zero-order chi connectivity index (χ0) is 57.5. The lowest BCUT2D eigenvalue weighted by Gasteiger charge is -2.39. The van der Waals surface area contributed by atoms with Gasteiger partial charge in [-0.3, -0.25) is 19.6 Å². The standard InChI is InChI=1S/C63H67ClFN11O7/c1-5-47-52(65)18-17-41-25-44(77)26-49(55(41)47)56-59(57-50(29-68-56)60(74-31-42-7-6-8-43(74)28-67-42)71-63(70-57)83-46-20-23-81-24-21-46)82-34-37-9-11-40(12-10-37)53-33-76(73-72-53)58(35(2)3)62(80)75-32-45(78)27-54(75)61(79)69-36(4)38-13-15-39(16-14-38)48-19-22-66-30-51(48)64/h9-19,22,25-26,29-30,33,35-36,42-43,45-46,54,58,67,77-78H,5-8,20-21,23-24,27-28,31-32,34H2,1-4H3,(H,69,79)/t36-,42?,43?,45+,54-,58-/m0/s1. The van der Waals surface area contributed by atoms with Crippen molar-refractivity contribution >= 4 is 50.9 Å². The Bertz CT molecular complexity index is 3690. The fourth-order valence-corrected chi connectivity index (χ4v) is 12.6. The smallest absolute Gasteiger partial charge is 0.319 e. The lowest BCUT2D eigenvalue weighted by molar-refractivity contribution is -0.142. The van der Waals surface area contributed by atoms with Crippen molar-refractivity contribution in [3.63, 3.8) is 0 Å². The van der Waals surface area contributed by atoms with Crippen LogP contribution in [-0.2, 0) is 27.4 Å². The van der Waals surface area contributed by atoms with E-state index in [-0.39, 0.29) is 73.1 Å². The number of aryl methyl sites for hydroxylation is 1. The summed E-state index contributed by atoms with van der Waals surface area (Å²) in [4.78, 5) is 51.9. The molecule has 4 aromatic heterocycles. The van der Waals surface area contributed by atoms with Crippen molar-refractivity contribution in [2.45, 2.75) is 122 Å². The maximum Gasteiger partial charge on any atom is 0.319 e. The fraction of sp³-hybridized carbons (Fsp3) is 0.397. The van der Waals surface area contributed by atoms with Gasteiger partial charge in [0.1, 0.15) is 59.1 Å². The number of β-amino-alcohol motifs (C(OH)–C–C–N with tert-alkyl or cyclic N) is 1. The van der Waals surface area contributed by atoms with Crippen LogP contribution in [0.25, 0.3) is 55.3 Å². The van der Waals surface area contributed by atoms with Gasteiger partial charge in [-0.05, 0) is 95.8 Å². The van der Waals surface area contributed by atoms with Gasteiger partial charge in [0.05, 0.1) is 42.0 Å². The number of phenolic OH excluding ortho intramolecular Hbond substituents is 1. The molecule has 9 heterocycles. The molecule has 5 fully saturated rings. The van der Waals surface area contributed by atoms with E-state index < -0.39 is 24.2 Å². The van der Waals surface area contributed by atoms with E-state index in [1.165, 1.54) is 15.6 Å². The number of pyridine rings is 2. The minimum atomic E-state index is -0.903. The first-order chi connectivity index (χ1) is 40.3. The number of anilines is 1. The molecule has 5 saturated heterocycles. The van der Waals surface area contributed by atoms with Crippen molar-refractivity contribution in [3.8, 4) is 51.2 Å². The summed E-state index contributed by atoms with van der Waals surface area (Å²) in [5, 5.41) is 40.4. The Hall–Kier alpha value is -7.84. The van der Waals surface area contributed by atoms with Crippen molar-refractivity contribution in [2.24, 2.45) is 5.92 Å². The van der Waals surface area contributed by atoms with E-state index in [1.54, 1.807) is 43.0 Å². The normalized spacial score (nSPS) is 20.0. The van der Waals surface area contributed by atoms with Crippen LogP contribution < -0.4 is 25.0 Å². The van der Waals surface area contributed by atoms with Gasteiger partial charge in [-0.2, -0.15) is 9.97 Å². The predicted molar refractivity (Wildman–Crippen MR) is 314 cm³/mol. The second kappa shape index (κ2) is 23.8. The number of phenols is 1. The summed E-state index contributed by atoms with van der Waals surface area (Å²) in [6, 6.07) is 22.1. The molecular weight excluding hydrogens is 1080 g/mol. The number of halogens is 2. The van der Waals surface area contributed by atoms with Gasteiger partial charge in [0.25, 0.3) is 0 Å². The molecule has 0 radical (unpaired) electrons. The molecule has 4 aromatic carbocycles. The van der Waals surface area contributed by atoms with Gasteiger partial charge in [0.2, 0.25) is 11.8 Å². The number of carbonyl (C=O) groups excluding carboxylic acids is 2. The number of fused-ring (bicyclic) bond motifs is 6. The third kappa shape index (κ3) is 11.4. The quantitative estimate of drug-likeness (QED) is 0.0709. The van der Waals surface area contributed by atoms with Crippen LogP contribution in [0.5, 0.6) is 17.5 Å². The van der Waals surface area contributed by atoms with Gasteiger partial charge < -0.3 is 44.9 Å². The van der Waals surface area contributed by atoms with E-state index in [9.17, 15) is 19.8 Å². The third-order valence-electron chi connectivity index (χ3n) is 16.8. The molecule has 0 spiro atoms. The number of aliphatic hydroxyl groups is 1. The van der Waals surface area contributed by atoms with E-state index in [2.05, 4.69) is 30.8 Å². The molecule has 4 N–H and O–H groups in total. The first-order valence-electron chi connectivity index (χ1n) is 28.8. The Kier molecular flexibility index (Phi) is 16.0. The monoisotopic (exact) mass is 1140 g/mol. The molecule has 8 aromatic rings. The number of ether oxygens (including phenoxy) is 3. The van der Waals surface area contributed by atoms with Crippen LogP contribution in [0.4, 0.5) is 10.2 Å². The number of nitrogens with one attached hydrogen (secondary N) is 2. The average Bonchev–Trinajstić information content (AvgIpc) is 4.16. The molecule has 20 heteroatoms. The van der Waals surface area contributed by atoms with Gasteiger partial charge >= 0.3 is 6.01 Å². The minimum Gasteiger partial charge on any atom is -0.508 e. The maximum absolute atomic E-state index is 15.8. The molecule has 13 rings (SSSR count). The van der Waals surface area contributed by atoms with Crippen molar-refractivity contribution in [1.29, 1.82) is 0 Å². The van der Waals surface area contributed by atoms with E-state index in [4.69, 9.17) is 40.8 Å². The first kappa shape index (κ1) is 55.7. The molecule has 6 atom stereocenters. The van der Waals surface area contributed by atoms with Crippen molar-refractivity contribution < 1.29 is 38.4 Å². The van der Waals surface area contributed by atoms with Crippen LogP contribution in [0.3, 0.4) is 0 Å². The zero-order valence-corrected chi connectivity index (χ0v) is 47.6. The molecule has 2 unspecified atom stereocenters. The van der Waals surface area contributed by atoms with E-state index in [0.717, 1.165) is 60.2 Å². The summed E-state index contributed by atoms with van der Waals surface area (Å²) >= 11 is 6.39. The van der Waals surface area contributed by atoms with Gasteiger partial charge in [0.15, 0.2) is 5.75 Å². The van der Waals surface area contributed by atoms with Gasteiger partial charge in [-0.15, -0.1) is 5.10 Å². The van der Waals surface area contributed by atoms with Crippen molar-refractivity contribution in [1.82, 2.24) is 50.5 Å². The van der Waals surface area contributed by atoms with Gasteiger partial charge in [0, 0.05) is 86.3 Å². The Morgan fingerprint density at radius 2 is 1.73 bits per heavy atom. The number of nitrogens with zero attached hydrogens (tertiary/aromatic N) is 9. The highest BCUT2D eigenvalue weighted by molar-refractivity contribution is 6.33. The van der Waals surface area contributed by atoms with Crippen molar-refractivity contribution in [3.05, 3.63) is 131 Å². The second-order valence-corrected chi connectivity index (χ2v) is 23.0. The first-order valence-corrected chi connectivity index (χ1v) is 29.2. The topological polar surface area (TPSA) is 215 Å². The SMILES string of the molecule is CCc1c(F)ccc2cc(O)cc(-c3ncc4c(N5CC6CCCC5CN6)nc(OC5CCOCC5)nc4c3OCc3ccc(-c4cn([C@H](C(=O)N5C[C@H](O)C[C@H]5C(=O)N[C@@H](C)c5ccc(-c6ccncc6Cl)cc5)C(C)C)nn4)cc3)c12. The Labute approximate surface area is 485 Å². The number of hydrogen-bond donors (Lipinski definition) is 4. The fourth-order valence-electron chi connectivity index (χ4n) is 12.4. The van der Waals surface area contributed by atoms with Crippen molar-refractivity contribution in [2.75, 3.05) is 37.7 Å². The lowest BCUT2D eigenvalue weighted by atomic mass is 9.94. The number of aromatic nitrogens is 7. The highest BCUT2D eigenvalue weighted by Crippen LogP contribution is 2.45. The van der Waals surface area contributed by atoms with Crippen LogP contribution in [0.1, 0.15) is 95.0 Å². The maximum atomic E-state index is 15.8. The molecule has 5 aliphatic heterocycles. The third-order valence-corrected chi connectivity index (χ3v) is 17.1. The van der Waals surface area contributed by atoms with Gasteiger partial charge in [-0.1, -0.05) is 92.2 Å². The number of amides is 2. The Balaban J connectivity index is 0.822. The molecule has 2 bridgehead atoms. The van der Waals surface area contributed by atoms with Crippen LogP contribution in [0.15, 0.2) is 104 Å². The number of aliphatic hydroxyl groups excluding tert-OH is 1. The van der Waals surface area contributed by atoms with E-state index >= 15 is 4.39 Å². The molecule has 430 valence electrons. The zero-order valence-electron chi connectivity index (χ0n) is 46.8. The summed E-state index contributed by atoms with van der Waals surface area (Å²) in [6.07, 6.45) is 10.8. The number of benzene rings is 4. The van der Waals surface area contributed by atoms with Crippen LogP contribution >= 0.6 is 11.6 Å². The largest absolute Gasteiger partial charge is 0.508 e. The molecular formula is C63H67ClFN11O7. The van der Waals surface area contributed by atoms with E-state index in [1.807, 2.05) is 82.3 Å². The van der Waals surface area contributed by atoms with Crippen LogP contribution in [0, 0.1) is 11.7 Å². The molecule has 0 saturated carbocycles. The molecule has 0 aliphatic carbocycles. The highest BCUT2D eigenvalue weighted by Gasteiger charge is 2.43. The predicted octanol–water partition coefficient (Wildman–Crippen LogP) is 9.73. The molecule has 5 aliphatic rings. The molecule has 18 nitrogen and oxygen atoms in total. The second-order valence-electron chi connectivity index (χ2n) is 22.6. The summed E-state index contributed by atoms with van der Waals surface area (Å²) in [6.45, 7) is 10.4. The van der Waals surface area contributed by atoms with Crippen LogP contribution in [0.2, 0.25) is 5.02 Å². The molecule has 83 heavy (non-hydrogen) atoms. The van der Waals surface area contributed by atoms with Gasteiger partial charge in [-0.25, -0.2) is 9.07 Å². The number of hydrogen-bond acceptors (Lipinski definition) is 15. The number of likely N-dealkylation sites (tertiary alicyclic amines) is 1. The number of rotatable bonds is 16. The molecule has 2 amide bonds. The Morgan fingerprint density at radius 1 is 0.940 bits per heavy atom. The number of carbonyl (C=O) groups is 2.